The second-order valence-corrected chi connectivity index (χ2v) is 7.36. The van der Waals surface area contributed by atoms with E-state index in [1.807, 2.05) is 35.2 Å². The molecule has 2 aromatic carbocycles. The van der Waals surface area contributed by atoms with Crippen molar-refractivity contribution in [2.75, 3.05) is 26.2 Å². The number of para-hydroxylation sites is 1. The van der Waals surface area contributed by atoms with Gasteiger partial charge in [0.1, 0.15) is 17.3 Å². The molecule has 1 amide bonds. The molecule has 3 aromatic rings. The van der Waals surface area contributed by atoms with Gasteiger partial charge in [0.2, 0.25) is 5.91 Å². The minimum absolute atomic E-state index is 0.0848. The van der Waals surface area contributed by atoms with E-state index in [2.05, 4.69) is 16.0 Å². The second-order valence-electron chi connectivity index (χ2n) is 7.36. The van der Waals surface area contributed by atoms with Crippen LogP contribution in [0.4, 0.5) is 4.39 Å². The van der Waals surface area contributed by atoms with Gasteiger partial charge in [-0.1, -0.05) is 30.3 Å². The van der Waals surface area contributed by atoms with Crippen molar-refractivity contribution in [3.8, 4) is 11.5 Å². The molecule has 6 heteroatoms. The van der Waals surface area contributed by atoms with Gasteiger partial charge < -0.3 is 9.64 Å². The molecule has 0 saturated carbocycles. The molecule has 1 fully saturated rings. The largest absolute Gasteiger partial charge is 0.455 e. The van der Waals surface area contributed by atoms with E-state index < -0.39 is 0 Å². The molecule has 1 aliphatic rings. The Balaban J connectivity index is 1.32. The van der Waals surface area contributed by atoms with Crippen LogP contribution in [0.3, 0.4) is 0 Å². The number of halogens is 1. The highest BCUT2D eigenvalue weighted by Crippen LogP contribution is 2.26. The Bertz CT molecular complexity index is 971. The van der Waals surface area contributed by atoms with Crippen LogP contribution in [0.1, 0.15) is 11.1 Å². The average molecular weight is 405 g/mol. The molecule has 30 heavy (non-hydrogen) atoms. The number of rotatable bonds is 6. The van der Waals surface area contributed by atoms with Gasteiger partial charge in [-0.2, -0.15) is 0 Å². The van der Waals surface area contributed by atoms with Crippen molar-refractivity contribution in [1.29, 1.82) is 0 Å². The summed E-state index contributed by atoms with van der Waals surface area (Å²) in [5.74, 6) is 1.33. The van der Waals surface area contributed by atoms with Crippen LogP contribution in [0, 0.1) is 5.82 Å². The van der Waals surface area contributed by atoms with E-state index in [1.54, 1.807) is 24.5 Å². The monoisotopic (exact) mass is 405 g/mol. The number of nitrogens with zero attached hydrogens (tertiary/aromatic N) is 3. The van der Waals surface area contributed by atoms with Crippen LogP contribution in [-0.4, -0.2) is 46.9 Å². The van der Waals surface area contributed by atoms with Gasteiger partial charge in [0, 0.05) is 44.5 Å². The third-order valence-corrected chi connectivity index (χ3v) is 5.22. The number of aromatic nitrogens is 1. The normalized spacial score (nSPS) is 14.5. The SMILES string of the molecule is O=C(Cc1ccc(F)cc1)N1CCN(Cc2ccccc2Oc2cccnc2)CC1. The number of piperazine rings is 1. The van der Waals surface area contributed by atoms with Crippen molar-refractivity contribution in [2.45, 2.75) is 13.0 Å². The van der Waals surface area contributed by atoms with Crippen molar-refractivity contribution in [3.05, 3.63) is 90.0 Å². The Labute approximate surface area is 175 Å². The summed E-state index contributed by atoms with van der Waals surface area (Å²) in [5, 5.41) is 0. The summed E-state index contributed by atoms with van der Waals surface area (Å²) in [6, 6.07) is 17.9. The Morgan fingerprint density at radius 3 is 2.47 bits per heavy atom. The molecule has 0 N–H and O–H groups in total. The summed E-state index contributed by atoms with van der Waals surface area (Å²) in [6.45, 7) is 3.74. The first-order chi connectivity index (χ1) is 14.7. The lowest BCUT2D eigenvalue weighted by atomic mass is 10.1. The fourth-order valence-electron chi connectivity index (χ4n) is 3.55. The molecule has 2 heterocycles. The topological polar surface area (TPSA) is 45.7 Å². The summed E-state index contributed by atoms with van der Waals surface area (Å²) in [6.07, 6.45) is 3.72. The first kappa shape index (κ1) is 20.0. The molecule has 1 saturated heterocycles. The Hall–Kier alpha value is -3.25. The van der Waals surface area contributed by atoms with E-state index in [1.165, 1.54) is 12.1 Å². The summed E-state index contributed by atoms with van der Waals surface area (Å²) in [5.41, 5.74) is 1.94. The number of carbonyl (C=O) groups excluding carboxylic acids is 1. The number of ether oxygens (including phenoxy) is 1. The van der Waals surface area contributed by atoms with Crippen LogP contribution < -0.4 is 4.74 Å². The molecule has 154 valence electrons. The van der Waals surface area contributed by atoms with E-state index in [0.717, 1.165) is 36.5 Å². The first-order valence-electron chi connectivity index (χ1n) is 10.1. The maximum absolute atomic E-state index is 13.0. The molecule has 0 bridgehead atoms. The van der Waals surface area contributed by atoms with E-state index in [9.17, 15) is 9.18 Å². The van der Waals surface area contributed by atoms with Crippen LogP contribution in [0.5, 0.6) is 11.5 Å². The van der Waals surface area contributed by atoms with Gasteiger partial charge >= 0.3 is 0 Å². The highest BCUT2D eigenvalue weighted by molar-refractivity contribution is 5.78. The standard InChI is InChI=1S/C24H24FN3O2/c25-21-9-7-19(8-10-21)16-24(29)28-14-12-27(13-15-28)18-20-4-1-2-6-23(20)30-22-5-3-11-26-17-22/h1-11,17H,12-16,18H2. The number of benzene rings is 2. The average Bonchev–Trinajstić information content (AvgIpc) is 2.78. The highest BCUT2D eigenvalue weighted by atomic mass is 19.1. The van der Waals surface area contributed by atoms with Gasteiger partial charge in [0.15, 0.2) is 0 Å². The third kappa shape index (κ3) is 5.21. The predicted octanol–water partition coefficient (Wildman–Crippen LogP) is 3.90. The van der Waals surface area contributed by atoms with Crippen molar-refractivity contribution < 1.29 is 13.9 Å². The summed E-state index contributed by atoms with van der Waals surface area (Å²) in [7, 11) is 0. The molecule has 1 aromatic heterocycles. The van der Waals surface area contributed by atoms with Gasteiger partial charge in [0.25, 0.3) is 0 Å². The summed E-state index contributed by atoms with van der Waals surface area (Å²) < 4.78 is 19.0. The second kappa shape index (κ2) is 9.50. The fraction of sp³-hybridized carbons (Fsp3) is 0.250. The molecule has 4 rings (SSSR count). The molecule has 0 unspecified atom stereocenters. The van der Waals surface area contributed by atoms with Gasteiger partial charge in [-0.15, -0.1) is 0 Å². The zero-order valence-corrected chi connectivity index (χ0v) is 16.7. The first-order valence-corrected chi connectivity index (χ1v) is 10.1. The molecule has 0 atom stereocenters. The summed E-state index contributed by atoms with van der Waals surface area (Å²) >= 11 is 0. The van der Waals surface area contributed by atoms with Crippen LogP contribution in [0.2, 0.25) is 0 Å². The maximum Gasteiger partial charge on any atom is 0.227 e. The van der Waals surface area contributed by atoms with Gasteiger partial charge in [-0.05, 0) is 35.9 Å². The third-order valence-electron chi connectivity index (χ3n) is 5.22. The lowest BCUT2D eigenvalue weighted by molar-refractivity contribution is -0.132. The molecule has 1 aliphatic heterocycles. The molecule has 5 nitrogen and oxygen atoms in total. The maximum atomic E-state index is 13.0. The molecule has 0 radical (unpaired) electrons. The number of hydrogen-bond acceptors (Lipinski definition) is 4. The number of amides is 1. The number of hydrogen-bond donors (Lipinski definition) is 0. The van der Waals surface area contributed by atoms with E-state index in [4.69, 9.17) is 4.74 Å². The lowest BCUT2D eigenvalue weighted by Gasteiger charge is -2.35. The fourth-order valence-corrected chi connectivity index (χ4v) is 3.55. The van der Waals surface area contributed by atoms with Crippen molar-refractivity contribution in [3.63, 3.8) is 0 Å². The quantitative estimate of drug-likeness (QED) is 0.624. The molecule has 0 aliphatic carbocycles. The highest BCUT2D eigenvalue weighted by Gasteiger charge is 2.22. The van der Waals surface area contributed by atoms with Crippen molar-refractivity contribution >= 4 is 5.91 Å². The van der Waals surface area contributed by atoms with Crippen molar-refractivity contribution in [2.24, 2.45) is 0 Å². The van der Waals surface area contributed by atoms with Crippen LogP contribution in [0.15, 0.2) is 73.1 Å². The van der Waals surface area contributed by atoms with Crippen LogP contribution >= 0.6 is 0 Å². The molecular weight excluding hydrogens is 381 g/mol. The molecular formula is C24H24FN3O2. The van der Waals surface area contributed by atoms with E-state index in [0.29, 0.717) is 25.3 Å². The van der Waals surface area contributed by atoms with E-state index >= 15 is 0 Å². The van der Waals surface area contributed by atoms with Gasteiger partial charge in [-0.25, -0.2) is 4.39 Å². The number of carbonyl (C=O) groups is 1. The zero-order valence-electron chi connectivity index (χ0n) is 16.7. The minimum Gasteiger partial charge on any atom is -0.455 e. The smallest absolute Gasteiger partial charge is 0.227 e. The minimum atomic E-state index is -0.285. The van der Waals surface area contributed by atoms with Gasteiger partial charge in [0.05, 0.1) is 12.6 Å². The Kier molecular flexibility index (Phi) is 6.35. The predicted molar refractivity (Wildman–Crippen MR) is 113 cm³/mol. The lowest BCUT2D eigenvalue weighted by Crippen LogP contribution is -2.48. The summed E-state index contributed by atoms with van der Waals surface area (Å²) in [4.78, 5) is 20.9. The Morgan fingerprint density at radius 2 is 1.73 bits per heavy atom. The van der Waals surface area contributed by atoms with Crippen LogP contribution in [-0.2, 0) is 17.8 Å². The zero-order chi connectivity index (χ0) is 20.8. The van der Waals surface area contributed by atoms with Crippen molar-refractivity contribution in [1.82, 2.24) is 14.8 Å². The molecule has 0 spiro atoms. The van der Waals surface area contributed by atoms with E-state index in [-0.39, 0.29) is 11.7 Å². The van der Waals surface area contributed by atoms with Gasteiger partial charge in [-0.3, -0.25) is 14.7 Å². The number of pyridine rings is 1. The Morgan fingerprint density at radius 1 is 0.967 bits per heavy atom. The van der Waals surface area contributed by atoms with Crippen LogP contribution in [0.25, 0.3) is 0 Å².